The Kier molecular flexibility index (Phi) is 7.10. The molecule has 1 aliphatic rings. The Hall–Kier alpha value is -1.89. The van der Waals surface area contributed by atoms with E-state index in [0.717, 1.165) is 24.0 Å². The van der Waals surface area contributed by atoms with Crippen molar-refractivity contribution in [3.63, 3.8) is 0 Å². The Morgan fingerprint density at radius 3 is 2.25 bits per heavy atom. The van der Waals surface area contributed by atoms with Gasteiger partial charge in [0.15, 0.2) is 0 Å². The second kappa shape index (κ2) is 9.54. The van der Waals surface area contributed by atoms with Crippen molar-refractivity contribution in [3.05, 3.63) is 70.7 Å². The second-order valence-electron chi connectivity index (χ2n) is 6.99. The predicted molar refractivity (Wildman–Crippen MR) is 112 cm³/mol. The average Bonchev–Trinajstić information content (AvgIpc) is 3.23. The van der Waals surface area contributed by atoms with E-state index >= 15 is 0 Å². The average molecular weight is 421 g/mol. The minimum absolute atomic E-state index is 0.0113. The lowest BCUT2D eigenvalue weighted by atomic mass is 9.98. The largest absolute Gasteiger partial charge is 0.345 e. The van der Waals surface area contributed by atoms with Crippen LogP contribution >= 0.6 is 11.6 Å². The molecule has 0 radical (unpaired) electrons. The molecule has 0 aliphatic carbocycles. The van der Waals surface area contributed by atoms with E-state index in [4.69, 9.17) is 11.6 Å². The van der Waals surface area contributed by atoms with Crippen molar-refractivity contribution in [1.82, 2.24) is 9.62 Å². The number of amides is 1. The van der Waals surface area contributed by atoms with Crippen LogP contribution in [0, 0.1) is 0 Å². The van der Waals surface area contributed by atoms with Gasteiger partial charge in [0.05, 0.1) is 11.8 Å². The van der Waals surface area contributed by atoms with E-state index in [1.807, 2.05) is 42.5 Å². The lowest BCUT2D eigenvalue weighted by molar-refractivity contribution is -0.121. The van der Waals surface area contributed by atoms with Gasteiger partial charge in [-0.2, -0.15) is 0 Å². The highest BCUT2D eigenvalue weighted by molar-refractivity contribution is 7.89. The summed E-state index contributed by atoms with van der Waals surface area (Å²) >= 11 is 5.98. The van der Waals surface area contributed by atoms with Crippen LogP contribution in [0.4, 0.5) is 0 Å². The molecule has 1 saturated heterocycles. The molecule has 1 heterocycles. The summed E-state index contributed by atoms with van der Waals surface area (Å²) in [6, 6.07) is 16.7. The first kappa shape index (κ1) is 20.8. The van der Waals surface area contributed by atoms with E-state index in [1.54, 1.807) is 12.1 Å². The Balaban J connectivity index is 1.62. The fourth-order valence-electron chi connectivity index (χ4n) is 3.40. The van der Waals surface area contributed by atoms with Crippen molar-refractivity contribution in [2.45, 2.75) is 31.7 Å². The van der Waals surface area contributed by atoms with E-state index < -0.39 is 10.0 Å². The molecular weight excluding hydrogens is 396 g/mol. The van der Waals surface area contributed by atoms with Gasteiger partial charge in [-0.15, -0.1) is 0 Å². The molecule has 0 bridgehead atoms. The van der Waals surface area contributed by atoms with Gasteiger partial charge in [-0.05, 0) is 42.5 Å². The summed E-state index contributed by atoms with van der Waals surface area (Å²) in [4.78, 5) is 12.5. The van der Waals surface area contributed by atoms with Gasteiger partial charge in [-0.3, -0.25) is 4.79 Å². The van der Waals surface area contributed by atoms with Crippen LogP contribution in [0.5, 0.6) is 0 Å². The molecule has 0 spiro atoms. The van der Waals surface area contributed by atoms with Crippen molar-refractivity contribution in [2.75, 3.05) is 18.8 Å². The molecule has 2 aromatic rings. The number of halogens is 1. The number of hydrogen-bond donors (Lipinski definition) is 1. The quantitative estimate of drug-likeness (QED) is 0.707. The number of rotatable bonds is 8. The van der Waals surface area contributed by atoms with E-state index in [2.05, 4.69) is 5.32 Å². The maximum absolute atomic E-state index is 12.5. The molecular formula is C21H25ClN2O3S. The molecule has 1 unspecified atom stereocenters. The summed E-state index contributed by atoms with van der Waals surface area (Å²) in [6.07, 6.45) is 2.32. The third-order valence-corrected chi connectivity index (χ3v) is 7.11. The highest BCUT2D eigenvalue weighted by atomic mass is 35.5. The van der Waals surface area contributed by atoms with Gasteiger partial charge in [0.1, 0.15) is 0 Å². The van der Waals surface area contributed by atoms with Gasteiger partial charge in [-0.1, -0.05) is 54.1 Å². The second-order valence-corrected chi connectivity index (χ2v) is 9.51. The van der Waals surface area contributed by atoms with Gasteiger partial charge in [0.2, 0.25) is 15.9 Å². The number of nitrogens with zero attached hydrogens (tertiary/aromatic N) is 1. The highest BCUT2D eigenvalue weighted by Gasteiger charge is 2.25. The monoisotopic (exact) mass is 420 g/mol. The molecule has 1 N–H and O–H groups in total. The third kappa shape index (κ3) is 5.56. The zero-order valence-corrected chi connectivity index (χ0v) is 17.3. The van der Waals surface area contributed by atoms with Crippen LogP contribution < -0.4 is 5.32 Å². The van der Waals surface area contributed by atoms with Crippen molar-refractivity contribution in [2.24, 2.45) is 0 Å². The molecule has 0 saturated carbocycles. The van der Waals surface area contributed by atoms with Crippen LogP contribution in [0.25, 0.3) is 0 Å². The summed E-state index contributed by atoms with van der Waals surface area (Å²) in [5, 5.41) is 3.67. The number of benzene rings is 2. The minimum atomic E-state index is -3.25. The van der Waals surface area contributed by atoms with E-state index in [0.29, 0.717) is 24.5 Å². The van der Waals surface area contributed by atoms with Crippen molar-refractivity contribution in [3.8, 4) is 0 Å². The topological polar surface area (TPSA) is 66.5 Å². The summed E-state index contributed by atoms with van der Waals surface area (Å²) in [5.74, 6) is -0.155. The fraction of sp³-hybridized carbons (Fsp3) is 0.381. The Morgan fingerprint density at radius 2 is 1.61 bits per heavy atom. The third-order valence-electron chi connectivity index (χ3n) is 4.91. The number of sulfonamides is 1. The molecule has 5 nitrogen and oxygen atoms in total. The molecule has 1 atom stereocenters. The van der Waals surface area contributed by atoms with Crippen LogP contribution in [0.3, 0.4) is 0 Å². The molecule has 1 aliphatic heterocycles. The van der Waals surface area contributed by atoms with Gasteiger partial charge in [0.25, 0.3) is 0 Å². The lowest BCUT2D eigenvalue weighted by Gasteiger charge is -2.20. The molecule has 7 heteroatoms. The lowest BCUT2D eigenvalue weighted by Crippen LogP contribution is -2.32. The van der Waals surface area contributed by atoms with E-state index in [-0.39, 0.29) is 24.1 Å². The maximum atomic E-state index is 12.5. The summed E-state index contributed by atoms with van der Waals surface area (Å²) in [7, 11) is -3.25. The van der Waals surface area contributed by atoms with Gasteiger partial charge in [0, 0.05) is 24.5 Å². The van der Waals surface area contributed by atoms with Crippen LogP contribution in [0.2, 0.25) is 5.02 Å². The summed E-state index contributed by atoms with van der Waals surface area (Å²) < 4.78 is 26.1. The zero-order chi connectivity index (χ0) is 20.0. The van der Waals surface area contributed by atoms with Gasteiger partial charge in [-0.25, -0.2) is 12.7 Å². The van der Waals surface area contributed by atoms with Crippen LogP contribution in [0.1, 0.15) is 42.9 Å². The minimum Gasteiger partial charge on any atom is -0.345 e. The number of carbonyl (C=O) groups is 1. The Labute approximate surface area is 171 Å². The molecule has 1 fully saturated rings. The molecule has 3 rings (SSSR count). The van der Waals surface area contributed by atoms with Crippen molar-refractivity contribution in [1.29, 1.82) is 0 Å². The van der Waals surface area contributed by atoms with Crippen molar-refractivity contribution < 1.29 is 13.2 Å². The zero-order valence-electron chi connectivity index (χ0n) is 15.7. The molecule has 150 valence electrons. The fourth-order valence-corrected chi connectivity index (χ4v) is 5.11. The smallest absolute Gasteiger partial charge is 0.220 e. The normalized spacial score (nSPS) is 16.0. The van der Waals surface area contributed by atoms with Crippen LogP contribution in [0.15, 0.2) is 54.6 Å². The predicted octanol–water partition coefficient (Wildman–Crippen LogP) is 3.75. The van der Waals surface area contributed by atoms with E-state index in [1.165, 1.54) is 4.31 Å². The summed E-state index contributed by atoms with van der Waals surface area (Å²) in [5.41, 5.74) is 1.89. The molecule has 0 aromatic heterocycles. The first-order valence-corrected chi connectivity index (χ1v) is 11.5. The maximum Gasteiger partial charge on any atom is 0.220 e. The Morgan fingerprint density at radius 1 is 1.00 bits per heavy atom. The van der Waals surface area contributed by atoms with Gasteiger partial charge < -0.3 is 5.32 Å². The van der Waals surface area contributed by atoms with Crippen molar-refractivity contribution >= 4 is 27.5 Å². The highest BCUT2D eigenvalue weighted by Crippen LogP contribution is 2.24. The van der Waals surface area contributed by atoms with Gasteiger partial charge >= 0.3 is 0 Å². The molecule has 1 amide bonds. The number of hydrogen-bond acceptors (Lipinski definition) is 3. The number of carbonyl (C=O) groups excluding carboxylic acids is 1. The number of nitrogens with one attached hydrogen (secondary N) is 1. The molecule has 2 aromatic carbocycles. The molecule has 28 heavy (non-hydrogen) atoms. The van der Waals surface area contributed by atoms with Crippen LogP contribution in [-0.4, -0.2) is 37.5 Å². The Bertz CT molecular complexity index is 880. The van der Waals surface area contributed by atoms with E-state index in [9.17, 15) is 13.2 Å². The van der Waals surface area contributed by atoms with Crippen LogP contribution in [-0.2, 0) is 14.8 Å². The first-order chi connectivity index (χ1) is 13.5. The first-order valence-electron chi connectivity index (χ1n) is 9.53. The SMILES string of the molecule is O=C(CCCS(=O)(=O)N1CCCC1)NC(c1ccccc1)c1ccc(Cl)cc1. The standard InChI is InChI=1S/C21H25ClN2O3S/c22-19-12-10-18(11-13-19)21(17-7-2-1-3-8-17)23-20(25)9-6-16-28(26,27)24-14-4-5-15-24/h1-3,7-8,10-13,21H,4-6,9,14-16H2,(H,23,25). The summed E-state index contributed by atoms with van der Waals surface area (Å²) in [6.45, 7) is 1.20.